The van der Waals surface area contributed by atoms with E-state index in [4.69, 9.17) is 9.15 Å². The number of hydrogen-bond acceptors (Lipinski definition) is 6. The highest BCUT2D eigenvalue weighted by atomic mass is 16.5. The van der Waals surface area contributed by atoms with Gasteiger partial charge in [-0.25, -0.2) is 0 Å². The quantitative estimate of drug-likeness (QED) is 0.558. The van der Waals surface area contributed by atoms with Gasteiger partial charge in [0.2, 0.25) is 11.8 Å². The average Bonchev–Trinajstić information content (AvgIpc) is 3.60. The van der Waals surface area contributed by atoms with E-state index in [-0.39, 0.29) is 23.9 Å². The average molecular weight is 465 g/mol. The van der Waals surface area contributed by atoms with Crippen LogP contribution in [-0.2, 0) is 9.59 Å². The Labute approximate surface area is 199 Å². The number of hydrogen-bond donors (Lipinski definition) is 2. The van der Waals surface area contributed by atoms with Gasteiger partial charge >= 0.3 is 0 Å². The number of amides is 2. The van der Waals surface area contributed by atoms with Crippen molar-refractivity contribution in [1.29, 1.82) is 0 Å². The minimum absolute atomic E-state index is 0.0956. The summed E-state index contributed by atoms with van der Waals surface area (Å²) in [4.78, 5) is 29.9. The molecule has 0 spiro atoms. The first kappa shape index (κ1) is 22.7. The summed E-state index contributed by atoms with van der Waals surface area (Å²) in [6.07, 6.45) is 2.18. The van der Waals surface area contributed by atoms with Gasteiger partial charge in [0.25, 0.3) is 0 Å². The van der Waals surface area contributed by atoms with Crippen LogP contribution in [0, 0.1) is 0 Å². The molecule has 1 aliphatic heterocycles. The van der Waals surface area contributed by atoms with Gasteiger partial charge in [0.1, 0.15) is 16.9 Å². The van der Waals surface area contributed by atoms with E-state index in [1.165, 1.54) is 0 Å². The molecule has 3 aromatic rings. The second-order valence-electron chi connectivity index (χ2n) is 9.34. The molecule has 1 saturated heterocycles. The Kier molecular flexibility index (Phi) is 6.18. The van der Waals surface area contributed by atoms with Crippen LogP contribution in [-0.4, -0.2) is 73.0 Å². The Morgan fingerprint density at radius 1 is 0.941 bits per heavy atom. The lowest BCUT2D eigenvalue weighted by Gasteiger charge is -2.39. The zero-order valence-electron chi connectivity index (χ0n) is 20.0. The Bertz CT molecular complexity index is 1210. The number of anilines is 1. The fourth-order valence-corrected chi connectivity index (χ4v) is 4.65. The van der Waals surface area contributed by atoms with Crippen molar-refractivity contribution in [3.05, 3.63) is 36.4 Å². The summed E-state index contributed by atoms with van der Waals surface area (Å²) in [5.41, 5.74) is 2.10. The Morgan fingerprint density at radius 2 is 1.59 bits per heavy atom. The van der Waals surface area contributed by atoms with E-state index in [2.05, 4.69) is 20.4 Å². The van der Waals surface area contributed by atoms with Crippen LogP contribution in [0.1, 0.15) is 26.7 Å². The fraction of sp³-hybridized carbons (Fsp3) is 0.462. The third-order valence-electron chi connectivity index (χ3n) is 7.08. The van der Waals surface area contributed by atoms with Crippen molar-refractivity contribution < 1.29 is 18.7 Å². The van der Waals surface area contributed by atoms with Crippen molar-refractivity contribution in [2.45, 2.75) is 44.8 Å². The summed E-state index contributed by atoms with van der Waals surface area (Å²) in [5.74, 6) is 0.608. The molecule has 2 aliphatic rings. The number of methoxy groups -OCH3 is 1. The summed E-state index contributed by atoms with van der Waals surface area (Å²) < 4.78 is 11.6. The minimum atomic E-state index is -0.311. The van der Waals surface area contributed by atoms with Crippen LogP contribution in [0.15, 0.2) is 40.8 Å². The minimum Gasteiger partial charge on any atom is -0.495 e. The number of carbonyl (C=O) groups is 2. The topological polar surface area (TPSA) is 87.0 Å². The molecule has 34 heavy (non-hydrogen) atoms. The molecule has 2 atom stereocenters. The fourth-order valence-electron chi connectivity index (χ4n) is 4.65. The number of furan rings is 1. The number of benzene rings is 2. The van der Waals surface area contributed by atoms with Crippen molar-refractivity contribution >= 4 is 39.4 Å². The van der Waals surface area contributed by atoms with Crippen molar-refractivity contribution in [2.24, 2.45) is 0 Å². The third-order valence-corrected chi connectivity index (χ3v) is 7.08. The van der Waals surface area contributed by atoms with Crippen LogP contribution in [0.25, 0.3) is 21.9 Å². The molecule has 8 nitrogen and oxygen atoms in total. The molecule has 2 aromatic carbocycles. The number of para-hydroxylation sites is 1. The molecule has 1 saturated carbocycles. The number of nitrogens with one attached hydrogen (secondary N) is 2. The first-order valence-electron chi connectivity index (χ1n) is 12.0. The van der Waals surface area contributed by atoms with Crippen molar-refractivity contribution in [3.8, 4) is 5.75 Å². The number of carbonyl (C=O) groups excluding carboxylic acids is 2. The monoisotopic (exact) mass is 464 g/mol. The number of piperazine rings is 1. The van der Waals surface area contributed by atoms with Crippen molar-refractivity contribution in [1.82, 2.24) is 15.1 Å². The van der Waals surface area contributed by atoms with E-state index in [0.717, 1.165) is 55.4 Å². The molecule has 0 radical (unpaired) electrons. The van der Waals surface area contributed by atoms with Crippen LogP contribution in [0.2, 0.25) is 0 Å². The highest BCUT2D eigenvalue weighted by Gasteiger charge is 2.32. The molecule has 180 valence electrons. The lowest BCUT2D eigenvalue weighted by Crippen LogP contribution is -2.57. The molecule has 5 rings (SSSR count). The molecule has 2 unspecified atom stereocenters. The van der Waals surface area contributed by atoms with Gasteiger partial charge in [-0.1, -0.05) is 18.2 Å². The van der Waals surface area contributed by atoms with E-state index < -0.39 is 0 Å². The Morgan fingerprint density at radius 3 is 2.24 bits per heavy atom. The molecule has 2 amide bonds. The van der Waals surface area contributed by atoms with Gasteiger partial charge in [-0.05, 0) is 38.8 Å². The van der Waals surface area contributed by atoms with Crippen LogP contribution in [0.5, 0.6) is 5.75 Å². The molecule has 0 bridgehead atoms. The SMILES string of the molecule is COc1cc2c(cc1NC(=O)C(C)N1CCN(C(C)C(=O)NC3CC3)CC1)oc1ccccc12. The number of fused-ring (bicyclic) bond motifs is 3. The van der Waals surface area contributed by atoms with Gasteiger partial charge in [-0.3, -0.25) is 19.4 Å². The normalized spacial score (nSPS) is 19.1. The first-order valence-corrected chi connectivity index (χ1v) is 12.0. The van der Waals surface area contributed by atoms with Crippen LogP contribution < -0.4 is 15.4 Å². The summed E-state index contributed by atoms with van der Waals surface area (Å²) in [6.45, 7) is 6.85. The lowest BCUT2D eigenvalue weighted by molar-refractivity contribution is -0.128. The summed E-state index contributed by atoms with van der Waals surface area (Å²) in [5, 5.41) is 8.08. The molecule has 1 aliphatic carbocycles. The smallest absolute Gasteiger partial charge is 0.241 e. The van der Waals surface area contributed by atoms with E-state index in [1.807, 2.05) is 50.2 Å². The summed E-state index contributed by atoms with van der Waals surface area (Å²) in [6, 6.07) is 11.5. The molecule has 2 N–H and O–H groups in total. The predicted molar refractivity (Wildman–Crippen MR) is 132 cm³/mol. The van der Waals surface area contributed by atoms with Gasteiger partial charge < -0.3 is 19.8 Å². The lowest BCUT2D eigenvalue weighted by atomic mass is 10.1. The zero-order chi connectivity index (χ0) is 23.8. The van der Waals surface area contributed by atoms with Crippen LogP contribution in [0.4, 0.5) is 5.69 Å². The largest absolute Gasteiger partial charge is 0.495 e. The van der Waals surface area contributed by atoms with Crippen LogP contribution >= 0.6 is 0 Å². The first-order chi connectivity index (χ1) is 16.4. The molecule has 2 heterocycles. The predicted octanol–water partition coefficient (Wildman–Crippen LogP) is 3.21. The van der Waals surface area contributed by atoms with E-state index in [1.54, 1.807) is 7.11 Å². The van der Waals surface area contributed by atoms with E-state index in [0.29, 0.717) is 23.1 Å². The van der Waals surface area contributed by atoms with Gasteiger partial charge in [0.15, 0.2) is 0 Å². The second kappa shape index (κ2) is 9.27. The third kappa shape index (κ3) is 4.48. The Balaban J connectivity index is 1.23. The maximum Gasteiger partial charge on any atom is 0.241 e. The zero-order valence-corrected chi connectivity index (χ0v) is 20.0. The van der Waals surface area contributed by atoms with Crippen LogP contribution in [0.3, 0.4) is 0 Å². The summed E-state index contributed by atoms with van der Waals surface area (Å²) >= 11 is 0. The molecular weight excluding hydrogens is 432 g/mol. The Hall–Kier alpha value is -3.10. The maximum atomic E-state index is 13.1. The second-order valence-corrected chi connectivity index (χ2v) is 9.34. The van der Waals surface area contributed by atoms with E-state index >= 15 is 0 Å². The number of ether oxygens (including phenoxy) is 1. The van der Waals surface area contributed by atoms with Gasteiger partial charge in [-0.2, -0.15) is 0 Å². The van der Waals surface area contributed by atoms with Crippen molar-refractivity contribution in [2.75, 3.05) is 38.6 Å². The molecule has 2 fully saturated rings. The van der Waals surface area contributed by atoms with Crippen molar-refractivity contribution in [3.63, 3.8) is 0 Å². The molecule has 1 aromatic heterocycles. The molecule has 8 heteroatoms. The molecular formula is C26H32N4O4. The highest BCUT2D eigenvalue weighted by Crippen LogP contribution is 2.36. The summed E-state index contributed by atoms with van der Waals surface area (Å²) in [7, 11) is 1.60. The number of nitrogens with zero attached hydrogens (tertiary/aromatic N) is 2. The van der Waals surface area contributed by atoms with Gasteiger partial charge in [0.05, 0.1) is 24.9 Å². The number of rotatable bonds is 7. The standard InChI is InChI=1S/C26H32N4O4/c1-16(25(31)27-18-8-9-18)29-10-12-30(13-11-29)17(2)26(32)28-21-15-23-20(14-24(21)33-3)19-6-4-5-7-22(19)34-23/h4-7,14-18H,8-13H2,1-3H3,(H,27,31)(H,28,32). The van der Waals surface area contributed by atoms with E-state index in [9.17, 15) is 9.59 Å². The maximum absolute atomic E-state index is 13.1. The van der Waals surface area contributed by atoms with Gasteiger partial charge in [-0.15, -0.1) is 0 Å². The highest BCUT2D eigenvalue weighted by molar-refractivity contribution is 6.08. The van der Waals surface area contributed by atoms with Gasteiger partial charge in [0, 0.05) is 49.1 Å².